The molecule has 3 nitrogen and oxygen atoms in total. The van der Waals surface area contributed by atoms with Gasteiger partial charge in [-0.15, -0.1) is 0 Å². The SMILES string of the molecule is CC(C)(CNC(=O)Cc1cccnc1)c1ccccc1. The smallest absolute Gasteiger partial charge is 0.224 e. The Balaban J connectivity index is 1.90. The van der Waals surface area contributed by atoms with Gasteiger partial charge >= 0.3 is 0 Å². The molecule has 0 unspecified atom stereocenters. The number of hydrogen-bond acceptors (Lipinski definition) is 2. The summed E-state index contributed by atoms with van der Waals surface area (Å²) in [6.45, 7) is 4.88. The number of benzene rings is 1. The van der Waals surface area contributed by atoms with Crippen LogP contribution in [-0.4, -0.2) is 17.4 Å². The number of carbonyl (C=O) groups excluding carboxylic acids is 1. The Morgan fingerprint density at radius 2 is 1.90 bits per heavy atom. The number of nitrogens with zero attached hydrogens (tertiary/aromatic N) is 1. The third-order valence-electron chi connectivity index (χ3n) is 3.37. The Kier molecular flexibility index (Phi) is 4.51. The van der Waals surface area contributed by atoms with E-state index in [-0.39, 0.29) is 11.3 Å². The summed E-state index contributed by atoms with van der Waals surface area (Å²) >= 11 is 0. The molecule has 2 rings (SSSR count). The topological polar surface area (TPSA) is 42.0 Å². The van der Waals surface area contributed by atoms with Crippen molar-refractivity contribution in [2.24, 2.45) is 0 Å². The normalized spacial score (nSPS) is 11.1. The number of carbonyl (C=O) groups is 1. The molecule has 1 aromatic heterocycles. The largest absolute Gasteiger partial charge is 0.355 e. The van der Waals surface area contributed by atoms with E-state index in [4.69, 9.17) is 0 Å². The van der Waals surface area contributed by atoms with Gasteiger partial charge in [0, 0.05) is 24.4 Å². The molecule has 0 radical (unpaired) electrons. The van der Waals surface area contributed by atoms with Gasteiger partial charge in [0.25, 0.3) is 0 Å². The second-order valence-electron chi connectivity index (χ2n) is 5.56. The van der Waals surface area contributed by atoms with Gasteiger partial charge in [-0.3, -0.25) is 9.78 Å². The first kappa shape index (κ1) is 14.3. The number of hydrogen-bond donors (Lipinski definition) is 1. The van der Waals surface area contributed by atoms with Crippen LogP contribution in [-0.2, 0) is 16.6 Å². The Hall–Kier alpha value is -2.16. The molecule has 2 aromatic rings. The highest BCUT2D eigenvalue weighted by molar-refractivity contribution is 5.78. The van der Waals surface area contributed by atoms with E-state index in [0.29, 0.717) is 13.0 Å². The minimum atomic E-state index is -0.0775. The number of rotatable bonds is 5. The first-order valence-electron chi connectivity index (χ1n) is 6.79. The van der Waals surface area contributed by atoms with Crippen molar-refractivity contribution in [1.29, 1.82) is 0 Å². The lowest BCUT2D eigenvalue weighted by molar-refractivity contribution is -0.120. The van der Waals surface area contributed by atoms with Crippen LogP contribution in [0.4, 0.5) is 0 Å². The molecule has 0 aliphatic carbocycles. The van der Waals surface area contributed by atoms with Crippen LogP contribution in [0.2, 0.25) is 0 Å². The number of aromatic nitrogens is 1. The molecule has 0 atom stereocenters. The van der Waals surface area contributed by atoms with Gasteiger partial charge in [0.1, 0.15) is 0 Å². The Labute approximate surface area is 120 Å². The summed E-state index contributed by atoms with van der Waals surface area (Å²) < 4.78 is 0. The van der Waals surface area contributed by atoms with Crippen LogP contribution >= 0.6 is 0 Å². The van der Waals surface area contributed by atoms with Crippen molar-refractivity contribution in [1.82, 2.24) is 10.3 Å². The first-order chi connectivity index (χ1) is 9.58. The second-order valence-corrected chi connectivity index (χ2v) is 5.56. The van der Waals surface area contributed by atoms with Gasteiger partial charge in [-0.2, -0.15) is 0 Å². The molecular weight excluding hydrogens is 248 g/mol. The maximum atomic E-state index is 12.0. The van der Waals surface area contributed by atoms with Crippen molar-refractivity contribution in [2.45, 2.75) is 25.7 Å². The predicted molar refractivity (Wildman–Crippen MR) is 80.4 cm³/mol. The number of nitrogens with one attached hydrogen (secondary N) is 1. The monoisotopic (exact) mass is 268 g/mol. The molecule has 0 aliphatic heterocycles. The zero-order valence-electron chi connectivity index (χ0n) is 12.0. The molecule has 1 aromatic carbocycles. The first-order valence-corrected chi connectivity index (χ1v) is 6.79. The second kappa shape index (κ2) is 6.33. The van der Waals surface area contributed by atoms with Crippen molar-refractivity contribution >= 4 is 5.91 Å². The van der Waals surface area contributed by atoms with E-state index >= 15 is 0 Å². The molecule has 20 heavy (non-hydrogen) atoms. The van der Waals surface area contributed by atoms with Gasteiger partial charge in [-0.25, -0.2) is 0 Å². The van der Waals surface area contributed by atoms with E-state index in [0.717, 1.165) is 5.56 Å². The summed E-state index contributed by atoms with van der Waals surface area (Å²) in [6.07, 6.45) is 3.81. The zero-order valence-corrected chi connectivity index (χ0v) is 12.0. The molecule has 0 aliphatic rings. The van der Waals surface area contributed by atoms with E-state index in [1.165, 1.54) is 5.56 Å². The van der Waals surface area contributed by atoms with Crippen LogP contribution < -0.4 is 5.32 Å². The maximum Gasteiger partial charge on any atom is 0.224 e. The Bertz CT molecular complexity index is 550. The van der Waals surface area contributed by atoms with E-state index in [2.05, 4.69) is 36.3 Å². The number of pyridine rings is 1. The van der Waals surface area contributed by atoms with Gasteiger partial charge < -0.3 is 5.32 Å². The van der Waals surface area contributed by atoms with Gasteiger partial charge in [0.05, 0.1) is 6.42 Å². The van der Waals surface area contributed by atoms with Crippen LogP contribution in [0.15, 0.2) is 54.9 Å². The summed E-state index contributed by atoms with van der Waals surface area (Å²) in [5.41, 5.74) is 2.08. The van der Waals surface area contributed by atoms with Crippen molar-refractivity contribution < 1.29 is 4.79 Å². The highest BCUT2D eigenvalue weighted by Crippen LogP contribution is 2.21. The van der Waals surface area contributed by atoms with E-state index < -0.39 is 0 Å². The minimum Gasteiger partial charge on any atom is -0.355 e. The summed E-state index contributed by atoms with van der Waals surface area (Å²) in [6, 6.07) is 14.0. The van der Waals surface area contributed by atoms with Gasteiger partial charge in [0.2, 0.25) is 5.91 Å². The van der Waals surface area contributed by atoms with Crippen LogP contribution in [0.25, 0.3) is 0 Å². The molecule has 104 valence electrons. The van der Waals surface area contributed by atoms with Crippen LogP contribution in [0.1, 0.15) is 25.0 Å². The van der Waals surface area contributed by atoms with Crippen LogP contribution in [0.5, 0.6) is 0 Å². The van der Waals surface area contributed by atoms with Crippen molar-refractivity contribution in [3.05, 3.63) is 66.0 Å². The molecule has 0 fully saturated rings. The Morgan fingerprint density at radius 3 is 2.55 bits per heavy atom. The summed E-state index contributed by atoms with van der Waals surface area (Å²) in [4.78, 5) is 16.0. The lowest BCUT2D eigenvalue weighted by Gasteiger charge is -2.25. The molecule has 3 heteroatoms. The standard InChI is InChI=1S/C17H20N2O/c1-17(2,15-8-4-3-5-9-15)13-19-16(20)11-14-7-6-10-18-12-14/h3-10,12H,11,13H2,1-2H3,(H,19,20). The maximum absolute atomic E-state index is 12.0. The fraction of sp³-hybridized carbons (Fsp3) is 0.294. The fourth-order valence-corrected chi connectivity index (χ4v) is 2.06. The molecule has 1 heterocycles. The molecule has 0 bridgehead atoms. The van der Waals surface area contributed by atoms with Crippen molar-refractivity contribution in [3.63, 3.8) is 0 Å². The zero-order chi connectivity index (χ0) is 14.4. The van der Waals surface area contributed by atoms with Crippen molar-refractivity contribution in [2.75, 3.05) is 6.54 Å². The molecule has 1 N–H and O–H groups in total. The molecule has 0 saturated heterocycles. The highest BCUT2D eigenvalue weighted by atomic mass is 16.1. The van der Waals surface area contributed by atoms with E-state index in [1.54, 1.807) is 12.4 Å². The van der Waals surface area contributed by atoms with E-state index in [1.807, 2.05) is 30.3 Å². The fourth-order valence-electron chi connectivity index (χ4n) is 2.06. The Morgan fingerprint density at radius 1 is 1.15 bits per heavy atom. The quantitative estimate of drug-likeness (QED) is 0.906. The molecule has 0 saturated carbocycles. The van der Waals surface area contributed by atoms with Crippen molar-refractivity contribution in [3.8, 4) is 0 Å². The summed E-state index contributed by atoms with van der Waals surface area (Å²) in [5.74, 6) is 0.0296. The third-order valence-corrected chi connectivity index (χ3v) is 3.37. The highest BCUT2D eigenvalue weighted by Gasteiger charge is 2.20. The molecular formula is C17H20N2O. The third kappa shape index (κ3) is 3.92. The predicted octanol–water partition coefficient (Wildman–Crippen LogP) is 2.72. The minimum absolute atomic E-state index is 0.0296. The summed E-state index contributed by atoms with van der Waals surface area (Å²) in [5, 5.41) is 3.00. The lowest BCUT2D eigenvalue weighted by Crippen LogP contribution is -2.37. The van der Waals surface area contributed by atoms with Gasteiger partial charge in [0.15, 0.2) is 0 Å². The average molecular weight is 268 g/mol. The van der Waals surface area contributed by atoms with E-state index in [9.17, 15) is 4.79 Å². The van der Waals surface area contributed by atoms with Gasteiger partial charge in [-0.05, 0) is 17.2 Å². The molecule has 0 spiro atoms. The summed E-state index contributed by atoms with van der Waals surface area (Å²) in [7, 11) is 0. The van der Waals surface area contributed by atoms with Gasteiger partial charge in [-0.1, -0.05) is 50.2 Å². The number of amides is 1. The van der Waals surface area contributed by atoms with Crippen LogP contribution in [0.3, 0.4) is 0 Å². The molecule has 1 amide bonds. The average Bonchev–Trinajstić information content (AvgIpc) is 2.47. The lowest BCUT2D eigenvalue weighted by atomic mass is 9.84. The van der Waals surface area contributed by atoms with Crippen LogP contribution in [0, 0.1) is 0 Å².